The summed E-state index contributed by atoms with van der Waals surface area (Å²) in [5.74, 6) is 0. The molecule has 3 rings (SSSR count). The molecule has 9 heteroatoms. The van der Waals surface area contributed by atoms with Crippen molar-refractivity contribution in [1.29, 1.82) is 0 Å². The van der Waals surface area contributed by atoms with Gasteiger partial charge in [-0.05, 0) is 43.5 Å². The molecular formula is C17H19N3O5S. The maximum absolute atomic E-state index is 12.5. The molecule has 2 aromatic rings. The molecule has 2 aromatic carbocycles. The van der Waals surface area contributed by atoms with Crippen LogP contribution in [0.1, 0.15) is 19.3 Å². The zero-order valence-electron chi connectivity index (χ0n) is 13.9. The zero-order chi connectivity index (χ0) is 18.8. The number of nitrogens with zero attached hydrogens (tertiary/aromatic N) is 1. The van der Waals surface area contributed by atoms with E-state index in [1.54, 1.807) is 30.3 Å². The number of nitrogens with one attached hydrogen (secondary N) is 2. The van der Waals surface area contributed by atoms with Gasteiger partial charge in [-0.25, -0.2) is 8.42 Å². The summed E-state index contributed by atoms with van der Waals surface area (Å²) < 4.78 is 27.3. The number of nitro groups is 1. The fourth-order valence-corrected chi connectivity index (χ4v) is 3.80. The molecule has 1 fully saturated rings. The predicted molar refractivity (Wildman–Crippen MR) is 97.6 cm³/mol. The van der Waals surface area contributed by atoms with Gasteiger partial charge in [0, 0.05) is 18.3 Å². The fourth-order valence-electron chi connectivity index (χ4n) is 2.72. The van der Waals surface area contributed by atoms with Crippen molar-refractivity contribution < 1.29 is 18.4 Å². The Morgan fingerprint density at radius 3 is 2.42 bits per heavy atom. The summed E-state index contributed by atoms with van der Waals surface area (Å²) in [5.41, 5.74) is -0.671. The SMILES string of the molecule is O=[N+]([O-])c1cc(S(=O)(=O)Nc2ccccc2)ccc1NCC1(O)CCC1. The van der Waals surface area contributed by atoms with Crippen molar-refractivity contribution in [3.8, 4) is 0 Å². The van der Waals surface area contributed by atoms with E-state index in [-0.39, 0.29) is 22.8 Å². The first-order valence-electron chi connectivity index (χ1n) is 8.12. The van der Waals surface area contributed by atoms with Crippen LogP contribution < -0.4 is 10.0 Å². The van der Waals surface area contributed by atoms with Crippen molar-refractivity contribution in [2.24, 2.45) is 0 Å². The summed E-state index contributed by atoms with van der Waals surface area (Å²) in [6.07, 6.45) is 2.20. The van der Waals surface area contributed by atoms with Crippen molar-refractivity contribution >= 4 is 27.1 Å². The number of rotatable bonds is 7. The van der Waals surface area contributed by atoms with E-state index in [9.17, 15) is 23.6 Å². The van der Waals surface area contributed by atoms with Gasteiger partial charge in [0.2, 0.25) is 0 Å². The van der Waals surface area contributed by atoms with Crippen LogP contribution in [0.25, 0.3) is 0 Å². The molecule has 0 atom stereocenters. The molecule has 8 nitrogen and oxygen atoms in total. The van der Waals surface area contributed by atoms with Crippen LogP contribution in [0.15, 0.2) is 53.4 Å². The summed E-state index contributed by atoms with van der Waals surface area (Å²) in [6, 6.07) is 11.9. The van der Waals surface area contributed by atoms with Crippen molar-refractivity contribution in [2.45, 2.75) is 29.8 Å². The molecule has 0 heterocycles. The fraction of sp³-hybridized carbons (Fsp3) is 0.294. The van der Waals surface area contributed by atoms with Crippen LogP contribution in [0, 0.1) is 10.1 Å². The molecule has 0 spiro atoms. The lowest BCUT2D eigenvalue weighted by molar-refractivity contribution is -0.384. The third-order valence-electron chi connectivity index (χ3n) is 4.39. The van der Waals surface area contributed by atoms with Gasteiger partial charge < -0.3 is 10.4 Å². The second-order valence-electron chi connectivity index (χ2n) is 6.34. The first-order valence-corrected chi connectivity index (χ1v) is 9.60. The van der Waals surface area contributed by atoms with Crippen molar-refractivity contribution in [3.63, 3.8) is 0 Å². The summed E-state index contributed by atoms with van der Waals surface area (Å²) >= 11 is 0. The molecule has 1 saturated carbocycles. The Morgan fingerprint density at radius 2 is 1.85 bits per heavy atom. The quantitative estimate of drug-likeness (QED) is 0.504. The van der Waals surface area contributed by atoms with Gasteiger partial charge in [0.05, 0.1) is 15.4 Å². The molecular weight excluding hydrogens is 358 g/mol. The summed E-state index contributed by atoms with van der Waals surface area (Å²) in [5, 5.41) is 24.3. The van der Waals surface area contributed by atoms with Gasteiger partial charge >= 0.3 is 0 Å². The van der Waals surface area contributed by atoms with Crippen molar-refractivity contribution in [3.05, 3.63) is 58.6 Å². The van der Waals surface area contributed by atoms with Crippen LogP contribution >= 0.6 is 0 Å². The van der Waals surface area contributed by atoms with Crippen LogP contribution in [0.2, 0.25) is 0 Å². The van der Waals surface area contributed by atoms with Crippen LogP contribution in [-0.2, 0) is 10.0 Å². The number of sulfonamides is 1. The number of anilines is 2. The molecule has 138 valence electrons. The average molecular weight is 377 g/mol. The monoisotopic (exact) mass is 377 g/mol. The van der Waals surface area contributed by atoms with Crippen LogP contribution in [-0.4, -0.2) is 30.6 Å². The first kappa shape index (κ1) is 18.2. The normalized spacial score (nSPS) is 15.7. The predicted octanol–water partition coefficient (Wildman–Crippen LogP) is 2.72. The van der Waals surface area contributed by atoms with E-state index in [1.807, 2.05) is 0 Å². The molecule has 3 N–H and O–H groups in total. The molecule has 26 heavy (non-hydrogen) atoms. The highest BCUT2D eigenvalue weighted by molar-refractivity contribution is 7.92. The third-order valence-corrected chi connectivity index (χ3v) is 5.77. The lowest BCUT2D eigenvalue weighted by atomic mass is 9.80. The highest BCUT2D eigenvalue weighted by Crippen LogP contribution is 2.34. The van der Waals surface area contributed by atoms with E-state index < -0.39 is 20.5 Å². The Kier molecular flexibility index (Phi) is 4.84. The Balaban J connectivity index is 1.84. The minimum absolute atomic E-state index is 0.175. The Bertz CT molecular complexity index is 911. The van der Waals surface area contributed by atoms with Gasteiger partial charge in [0.25, 0.3) is 15.7 Å². The molecule has 1 aliphatic rings. The lowest BCUT2D eigenvalue weighted by Gasteiger charge is -2.36. The molecule has 0 bridgehead atoms. The molecule has 1 aliphatic carbocycles. The number of aliphatic hydroxyl groups is 1. The molecule has 0 aliphatic heterocycles. The Morgan fingerprint density at radius 1 is 1.15 bits per heavy atom. The van der Waals surface area contributed by atoms with Crippen LogP contribution in [0.3, 0.4) is 0 Å². The van der Waals surface area contributed by atoms with Gasteiger partial charge in [-0.15, -0.1) is 0 Å². The van der Waals surface area contributed by atoms with Gasteiger partial charge in [-0.2, -0.15) is 0 Å². The summed E-state index contributed by atoms with van der Waals surface area (Å²) in [7, 11) is -3.95. The minimum atomic E-state index is -3.95. The van der Waals surface area contributed by atoms with E-state index in [0.29, 0.717) is 18.5 Å². The zero-order valence-corrected chi connectivity index (χ0v) is 14.7. The van der Waals surface area contributed by atoms with Gasteiger partial charge in [0.15, 0.2) is 0 Å². The maximum Gasteiger partial charge on any atom is 0.293 e. The van der Waals surface area contributed by atoms with Crippen molar-refractivity contribution in [2.75, 3.05) is 16.6 Å². The minimum Gasteiger partial charge on any atom is -0.388 e. The topological polar surface area (TPSA) is 122 Å². The number of nitro benzene ring substituents is 1. The van der Waals surface area contributed by atoms with E-state index in [1.165, 1.54) is 12.1 Å². The van der Waals surface area contributed by atoms with E-state index in [4.69, 9.17) is 0 Å². The standard InChI is InChI=1S/C17H19N3O5S/c21-17(9-4-10-17)12-18-15-8-7-14(11-16(15)20(22)23)26(24,25)19-13-5-2-1-3-6-13/h1-3,5-8,11,18-19,21H,4,9-10,12H2. The van der Waals surface area contributed by atoms with Crippen molar-refractivity contribution in [1.82, 2.24) is 0 Å². The number of benzene rings is 2. The van der Waals surface area contributed by atoms with E-state index in [2.05, 4.69) is 10.0 Å². The van der Waals surface area contributed by atoms with E-state index >= 15 is 0 Å². The molecule has 0 amide bonds. The second kappa shape index (κ2) is 6.93. The smallest absolute Gasteiger partial charge is 0.293 e. The van der Waals surface area contributed by atoms with Crippen LogP contribution in [0.4, 0.5) is 17.1 Å². The van der Waals surface area contributed by atoms with Gasteiger partial charge in [0.1, 0.15) is 5.69 Å². The molecule has 0 aromatic heterocycles. The van der Waals surface area contributed by atoms with Crippen LogP contribution in [0.5, 0.6) is 0 Å². The number of hydrogen-bond acceptors (Lipinski definition) is 6. The highest BCUT2D eigenvalue weighted by atomic mass is 32.2. The third kappa shape index (κ3) is 3.94. The first-order chi connectivity index (χ1) is 12.3. The average Bonchev–Trinajstić information content (AvgIpc) is 2.58. The largest absolute Gasteiger partial charge is 0.388 e. The maximum atomic E-state index is 12.5. The molecule has 0 unspecified atom stereocenters. The van der Waals surface area contributed by atoms with Gasteiger partial charge in [-0.1, -0.05) is 18.2 Å². The number of para-hydroxylation sites is 1. The Hall–Kier alpha value is -2.65. The molecule has 0 saturated heterocycles. The summed E-state index contributed by atoms with van der Waals surface area (Å²) in [6.45, 7) is 0.183. The highest BCUT2D eigenvalue weighted by Gasteiger charge is 2.34. The lowest BCUT2D eigenvalue weighted by Crippen LogP contribution is -2.43. The Labute approximate surface area is 151 Å². The van der Waals surface area contributed by atoms with E-state index in [0.717, 1.165) is 12.5 Å². The summed E-state index contributed by atoms with van der Waals surface area (Å²) in [4.78, 5) is 10.5. The van der Waals surface area contributed by atoms with Gasteiger partial charge in [-0.3, -0.25) is 14.8 Å². The number of hydrogen-bond donors (Lipinski definition) is 3. The second-order valence-corrected chi connectivity index (χ2v) is 8.02. The molecule has 0 radical (unpaired) electrons.